The quantitative estimate of drug-likeness (QED) is 0.761. The van der Waals surface area contributed by atoms with Crippen molar-refractivity contribution in [2.45, 2.75) is 31.9 Å². The maximum Gasteiger partial charge on any atom is 0.421 e. The first-order valence-corrected chi connectivity index (χ1v) is 7.94. The van der Waals surface area contributed by atoms with Gasteiger partial charge in [0.1, 0.15) is 12.2 Å². The smallest absolute Gasteiger partial charge is 0.421 e. The highest BCUT2D eigenvalue weighted by Gasteiger charge is 2.35. The van der Waals surface area contributed by atoms with Crippen molar-refractivity contribution in [3.05, 3.63) is 23.9 Å². The molecule has 6 nitrogen and oxygen atoms in total. The summed E-state index contributed by atoms with van der Waals surface area (Å²) in [5, 5.41) is 11.6. The maximum absolute atomic E-state index is 12.8. The van der Waals surface area contributed by atoms with E-state index >= 15 is 0 Å². The number of nitrogens with zero attached hydrogens (tertiary/aromatic N) is 1. The number of nitrogens with one attached hydrogen (secondary N) is 1. The Balaban J connectivity index is 1.80. The molecule has 1 amide bonds. The van der Waals surface area contributed by atoms with Crippen LogP contribution in [0.4, 0.5) is 13.2 Å². The van der Waals surface area contributed by atoms with Crippen LogP contribution in [0, 0.1) is 11.8 Å². The van der Waals surface area contributed by atoms with Gasteiger partial charge in [0.05, 0.1) is 12.5 Å². The van der Waals surface area contributed by atoms with Crippen LogP contribution in [0.5, 0.6) is 5.88 Å². The second-order valence-electron chi connectivity index (χ2n) is 5.89. The van der Waals surface area contributed by atoms with E-state index in [4.69, 9.17) is 9.84 Å². The van der Waals surface area contributed by atoms with Gasteiger partial charge < -0.3 is 15.2 Å². The van der Waals surface area contributed by atoms with Crippen molar-refractivity contribution in [1.82, 2.24) is 10.3 Å². The summed E-state index contributed by atoms with van der Waals surface area (Å²) in [5.74, 6) is -2.66. The molecule has 1 aliphatic carbocycles. The predicted octanol–water partition coefficient (Wildman–Crippen LogP) is 2.49. The number of hydrogen-bond acceptors (Lipinski definition) is 4. The number of carbonyl (C=O) groups is 2. The molecule has 1 aromatic rings. The summed E-state index contributed by atoms with van der Waals surface area (Å²) in [4.78, 5) is 26.6. The third-order valence-electron chi connectivity index (χ3n) is 4.11. The number of carbonyl (C=O) groups excluding carboxylic acids is 1. The standard InChI is InChI=1S/C16H19F3N2O4/c17-16(18,19)12-5-2-6-21-14(12)25-8-7-20-13(22)10-3-1-4-11(9-10)15(23)24/h2,5-6,10-11H,1,3-4,7-9H2,(H,20,22)(H,23,24). The summed E-state index contributed by atoms with van der Waals surface area (Å²) in [7, 11) is 0. The molecule has 1 aliphatic rings. The Morgan fingerprint density at radius 2 is 2.04 bits per heavy atom. The van der Waals surface area contributed by atoms with Crippen molar-refractivity contribution in [3.63, 3.8) is 0 Å². The number of halogens is 3. The molecule has 0 saturated heterocycles. The van der Waals surface area contributed by atoms with Crippen LogP contribution in [0.3, 0.4) is 0 Å². The van der Waals surface area contributed by atoms with Gasteiger partial charge in [0.25, 0.3) is 0 Å². The highest BCUT2D eigenvalue weighted by atomic mass is 19.4. The molecule has 0 aliphatic heterocycles. The van der Waals surface area contributed by atoms with Crippen LogP contribution < -0.4 is 10.1 Å². The van der Waals surface area contributed by atoms with Gasteiger partial charge in [0.15, 0.2) is 0 Å². The van der Waals surface area contributed by atoms with Crippen molar-refractivity contribution in [2.75, 3.05) is 13.2 Å². The Labute approximate surface area is 142 Å². The summed E-state index contributed by atoms with van der Waals surface area (Å²) >= 11 is 0. The molecule has 1 heterocycles. The van der Waals surface area contributed by atoms with Crippen molar-refractivity contribution >= 4 is 11.9 Å². The van der Waals surface area contributed by atoms with Gasteiger partial charge >= 0.3 is 12.1 Å². The molecule has 1 fully saturated rings. The first kappa shape index (κ1) is 19.0. The highest BCUT2D eigenvalue weighted by Crippen LogP contribution is 2.34. The zero-order chi connectivity index (χ0) is 18.4. The van der Waals surface area contributed by atoms with Crippen molar-refractivity contribution in [1.29, 1.82) is 0 Å². The largest absolute Gasteiger partial charge is 0.481 e. The van der Waals surface area contributed by atoms with Crippen LogP contribution in [0.25, 0.3) is 0 Å². The Morgan fingerprint density at radius 3 is 2.72 bits per heavy atom. The Hall–Kier alpha value is -2.32. The van der Waals surface area contributed by atoms with E-state index in [1.807, 2.05) is 0 Å². The van der Waals surface area contributed by atoms with Crippen LogP contribution in [0.1, 0.15) is 31.2 Å². The van der Waals surface area contributed by atoms with E-state index in [0.717, 1.165) is 6.07 Å². The highest BCUT2D eigenvalue weighted by molar-refractivity contribution is 5.80. The first-order valence-electron chi connectivity index (χ1n) is 7.94. The second-order valence-corrected chi connectivity index (χ2v) is 5.89. The van der Waals surface area contributed by atoms with Crippen LogP contribution in [-0.4, -0.2) is 35.1 Å². The molecule has 9 heteroatoms. The van der Waals surface area contributed by atoms with Crippen LogP contribution in [0.15, 0.2) is 18.3 Å². The zero-order valence-corrected chi connectivity index (χ0v) is 13.4. The van der Waals surface area contributed by atoms with Gasteiger partial charge in [-0.1, -0.05) is 6.42 Å². The maximum atomic E-state index is 12.8. The molecule has 0 aromatic carbocycles. The van der Waals surface area contributed by atoms with Gasteiger partial charge in [-0.3, -0.25) is 9.59 Å². The van der Waals surface area contributed by atoms with Crippen LogP contribution in [0.2, 0.25) is 0 Å². The van der Waals surface area contributed by atoms with Gasteiger partial charge in [-0.25, -0.2) is 4.98 Å². The minimum atomic E-state index is -4.57. The van der Waals surface area contributed by atoms with Crippen LogP contribution >= 0.6 is 0 Å². The number of pyridine rings is 1. The lowest BCUT2D eigenvalue weighted by atomic mass is 9.81. The normalized spacial score (nSPS) is 20.8. The third kappa shape index (κ3) is 5.33. The Kier molecular flexibility index (Phi) is 6.22. The fourth-order valence-corrected chi connectivity index (χ4v) is 2.84. The molecule has 25 heavy (non-hydrogen) atoms. The molecular formula is C16H19F3N2O4. The van der Waals surface area contributed by atoms with Crippen molar-refractivity contribution < 1.29 is 32.6 Å². The van der Waals surface area contributed by atoms with Gasteiger partial charge in [-0.15, -0.1) is 0 Å². The number of aliphatic carboxylic acids is 1. The average Bonchev–Trinajstić information content (AvgIpc) is 2.58. The predicted molar refractivity (Wildman–Crippen MR) is 80.8 cm³/mol. The number of aromatic nitrogens is 1. The van der Waals surface area contributed by atoms with E-state index in [0.29, 0.717) is 19.3 Å². The topological polar surface area (TPSA) is 88.5 Å². The molecule has 138 valence electrons. The fraction of sp³-hybridized carbons (Fsp3) is 0.562. The summed E-state index contributed by atoms with van der Waals surface area (Å²) in [6.07, 6.45) is -1.27. The fourth-order valence-electron chi connectivity index (χ4n) is 2.84. The second kappa shape index (κ2) is 8.17. The molecule has 1 saturated carbocycles. The third-order valence-corrected chi connectivity index (χ3v) is 4.11. The Morgan fingerprint density at radius 1 is 1.32 bits per heavy atom. The van der Waals surface area contributed by atoms with Crippen LogP contribution in [-0.2, 0) is 15.8 Å². The number of rotatable bonds is 6. The average molecular weight is 360 g/mol. The minimum absolute atomic E-state index is 0.0148. The molecule has 0 spiro atoms. The number of carboxylic acids is 1. The molecule has 2 rings (SSSR count). The van der Waals surface area contributed by atoms with Crippen molar-refractivity contribution in [2.24, 2.45) is 11.8 Å². The molecule has 2 atom stereocenters. The van der Waals surface area contributed by atoms with E-state index in [1.165, 1.54) is 12.3 Å². The number of hydrogen-bond donors (Lipinski definition) is 2. The van der Waals surface area contributed by atoms with E-state index < -0.39 is 35.4 Å². The number of ether oxygens (including phenoxy) is 1. The lowest BCUT2D eigenvalue weighted by molar-refractivity contribution is -0.144. The van der Waals surface area contributed by atoms with Gasteiger partial charge in [-0.2, -0.15) is 13.2 Å². The van der Waals surface area contributed by atoms with Gasteiger partial charge in [-0.05, 0) is 31.4 Å². The molecule has 2 unspecified atom stereocenters. The Bertz CT molecular complexity index is 622. The SMILES string of the molecule is O=C(O)C1CCCC(C(=O)NCCOc2ncccc2C(F)(F)F)C1. The lowest BCUT2D eigenvalue weighted by Gasteiger charge is -2.25. The lowest BCUT2D eigenvalue weighted by Crippen LogP contribution is -2.37. The monoisotopic (exact) mass is 360 g/mol. The number of carboxylic acid groups (broad SMARTS) is 1. The summed E-state index contributed by atoms with van der Waals surface area (Å²) in [6, 6.07) is 2.04. The van der Waals surface area contributed by atoms with E-state index in [1.54, 1.807) is 0 Å². The van der Waals surface area contributed by atoms with E-state index in [2.05, 4.69) is 10.3 Å². The summed E-state index contributed by atoms with van der Waals surface area (Å²) in [6.45, 7) is -0.151. The number of amides is 1. The number of alkyl halides is 3. The summed E-state index contributed by atoms with van der Waals surface area (Å²) < 4.78 is 43.4. The van der Waals surface area contributed by atoms with Gasteiger partial charge in [0, 0.05) is 12.1 Å². The molecule has 2 N–H and O–H groups in total. The minimum Gasteiger partial charge on any atom is -0.481 e. The summed E-state index contributed by atoms with van der Waals surface area (Å²) in [5.41, 5.74) is -0.974. The van der Waals surface area contributed by atoms with E-state index in [9.17, 15) is 22.8 Å². The molecule has 0 bridgehead atoms. The molecule has 0 radical (unpaired) electrons. The first-order chi connectivity index (χ1) is 11.8. The molecule has 1 aromatic heterocycles. The van der Waals surface area contributed by atoms with E-state index in [-0.39, 0.29) is 25.5 Å². The van der Waals surface area contributed by atoms with Gasteiger partial charge in [0.2, 0.25) is 11.8 Å². The molecular weight excluding hydrogens is 341 g/mol. The van der Waals surface area contributed by atoms with Crippen molar-refractivity contribution in [3.8, 4) is 5.88 Å². The zero-order valence-electron chi connectivity index (χ0n) is 13.4.